The van der Waals surface area contributed by atoms with Crippen molar-refractivity contribution in [3.05, 3.63) is 6.33 Å². The first-order valence-corrected chi connectivity index (χ1v) is 10.1. The summed E-state index contributed by atoms with van der Waals surface area (Å²) >= 11 is 0. The maximum Gasteiger partial charge on any atom is 0.319 e. The summed E-state index contributed by atoms with van der Waals surface area (Å²) in [5.41, 5.74) is 1.58. The number of fused-ring (bicyclic) bond motifs is 1. The minimum atomic E-state index is 0.0920. The molecule has 2 aliphatic heterocycles. The second kappa shape index (κ2) is 8.65. The van der Waals surface area contributed by atoms with E-state index >= 15 is 0 Å². The zero-order chi connectivity index (χ0) is 18.5. The monoisotopic (exact) mass is 372 g/mol. The van der Waals surface area contributed by atoms with Gasteiger partial charge in [-0.05, 0) is 38.5 Å². The summed E-state index contributed by atoms with van der Waals surface area (Å²) in [5.74, 6) is 1.73. The Morgan fingerprint density at radius 2 is 1.48 bits per heavy atom. The molecule has 0 bridgehead atoms. The van der Waals surface area contributed by atoms with Crippen molar-refractivity contribution in [2.75, 3.05) is 49.2 Å². The lowest BCUT2D eigenvalue weighted by atomic mass is 10.1. The van der Waals surface area contributed by atoms with Crippen molar-refractivity contribution in [3.63, 3.8) is 0 Å². The van der Waals surface area contributed by atoms with Gasteiger partial charge in [-0.1, -0.05) is 0 Å². The van der Waals surface area contributed by atoms with Gasteiger partial charge in [0.15, 0.2) is 11.6 Å². The smallest absolute Gasteiger partial charge is 0.319 e. The van der Waals surface area contributed by atoms with Crippen molar-refractivity contribution in [1.29, 1.82) is 0 Å². The first-order valence-electron chi connectivity index (χ1n) is 10.1. The van der Waals surface area contributed by atoms with Crippen LogP contribution in [0.4, 0.5) is 11.6 Å². The molecule has 2 aliphatic rings. The summed E-state index contributed by atoms with van der Waals surface area (Å²) in [7, 11) is 0. The molecule has 0 atom stereocenters. The van der Waals surface area contributed by atoms with Gasteiger partial charge in [-0.25, -0.2) is 9.97 Å². The zero-order valence-electron chi connectivity index (χ0n) is 15.8. The van der Waals surface area contributed by atoms with Crippen LogP contribution in [-0.4, -0.2) is 64.4 Å². The van der Waals surface area contributed by atoms with Crippen LogP contribution in [0.3, 0.4) is 0 Å². The quantitative estimate of drug-likeness (QED) is 0.772. The number of aromatic nitrogens is 4. The van der Waals surface area contributed by atoms with Crippen molar-refractivity contribution in [1.82, 2.24) is 19.9 Å². The Morgan fingerprint density at radius 3 is 2.15 bits per heavy atom. The van der Waals surface area contributed by atoms with Crippen LogP contribution in [0.2, 0.25) is 0 Å². The normalized spacial score (nSPS) is 18.1. The Morgan fingerprint density at radius 1 is 0.815 bits per heavy atom. The fourth-order valence-corrected chi connectivity index (χ4v) is 3.86. The number of anilines is 2. The van der Waals surface area contributed by atoms with Crippen molar-refractivity contribution in [2.45, 2.75) is 44.9 Å². The second-order valence-corrected chi connectivity index (χ2v) is 7.25. The molecular weight excluding hydrogens is 344 g/mol. The van der Waals surface area contributed by atoms with E-state index in [0.29, 0.717) is 19.0 Å². The third-order valence-electron chi connectivity index (χ3n) is 5.27. The fraction of sp³-hybridized carbons (Fsp3) is 0.684. The summed E-state index contributed by atoms with van der Waals surface area (Å²) < 4.78 is 5.75. The highest BCUT2D eigenvalue weighted by Crippen LogP contribution is 2.32. The minimum Gasteiger partial charge on any atom is -0.463 e. The lowest BCUT2D eigenvalue weighted by molar-refractivity contribution is 0.224. The molecule has 2 saturated heterocycles. The molecule has 0 spiro atoms. The number of piperidine rings is 2. The van der Waals surface area contributed by atoms with Gasteiger partial charge in [0.1, 0.15) is 17.4 Å². The molecule has 2 aromatic rings. The summed E-state index contributed by atoms with van der Waals surface area (Å²) in [5, 5.41) is 9.03. The number of nitrogens with zero attached hydrogens (tertiary/aromatic N) is 6. The fourth-order valence-electron chi connectivity index (χ4n) is 3.86. The minimum absolute atomic E-state index is 0.0920. The molecule has 0 amide bonds. The van der Waals surface area contributed by atoms with Crippen LogP contribution in [0.25, 0.3) is 11.0 Å². The van der Waals surface area contributed by atoms with Gasteiger partial charge < -0.3 is 19.6 Å². The van der Waals surface area contributed by atoms with Crippen LogP contribution < -0.4 is 14.5 Å². The van der Waals surface area contributed by atoms with Gasteiger partial charge in [-0.3, -0.25) is 0 Å². The maximum absolute atomic E-state index is 9.03. The lowest BCUT2D eigenvalue weighted by Gasteiger charge is -2.30. The molecule has 4 heterocycles. The predicted octanol–water partition coefficient (Wildman–Crippen LogP) is 2.16. The van der Waals surface area contributed by atoms with Crippen molar-refractivity contribution in [2.24, 2.45) is 0 Å². The van der Waals surface area contributed by atoms with E-state index < -0.39 is 0 Å². The van der Waals surface area contributed by atoms with E-state index in [9.17, 15) is 0 Å². The van der Waals surface area contributed by atoms with Crippen LogP contribution in [-0.2, 0) is 0 Å². The van der Waals surface area contributed by atoms with E-state index in [4.69, 9.17) is 9.84 Å². The number of ether oxygens (including phenoxy) is 1. The molecule has 0 unspecified atom stereocenters. The van der Waals surface area contributed by atoms with Crippen LogP contribution in [0.1, 0.15) is 44.9 Å². The summed E-state index contributed by atoms with van der Waals surface area (Å²) in [6, 6.07) is 0.351. The molecule has 8 heteroatoms. The van der Waals surface area contributed by atoms with E-state index in [0.717, 1.165) is 61.7 Å². The summed E-state index contributed by atoms with van der Waals surface area (Å²) in [6.07, 6.45) is 9.40. The largest absolute Gasteiger partial charge is 0.463 e. The van der Waals surface area contributed by atoms with Crippen molar-refractivity contribution >= 4 is 22.7 Å². The Balaban J connectivity index is 1.76. The third-order valence-corrected chi connectivity index (χ3v) is 5.27. The van der Waals surface area contributed by atoms with E-state index in [-0.39, 0.29) is 6.61 Å². The maximum atomic E-state index is 9.03. The molecule has 146 valence electrons. The predicted molar refractivity (Wildman–Crippen MR) is 104 cm³/mol. The number of hydrogen-bond donors (Lipinski definition) is 1. The first-order chi connectivity index (χ1) is 13.4. The number of rotatable bonds is 6. The van der Waals surface area contributed by atoms with Crippen LogP contribution in [0.15, 0.2) is 6.33 Å². The molecule has 2 aromatic heterocycles. The Labute approximate surface area is 159 Å². The standard InChI is InChI=1S/C19H28N6O2/c26-12-7-13-27-19-22-16-15(18(23-19)25-10-5-2-6-11-25)20-14-21-17(16)24-8-3-1-4-9-24/h14,26H,1-13H2. The highest BCUT2D eigenvalue weighted by molar-refractivity contribution is 5.93. The molecule has 2 fully saturated rings. The first kappa shape index (κ1) is 18.2. The topological polar surface area (TPSA) is 87.5 Å². The van der Waals surface area contributed by atoms with E-state index in [2.05, 4.69) is 29.7 Å². The Hall–Kier alpha value is -2.22. The van der Waals surface area contributed by atoms with Gasteiger partial charge in [0.05, 0.1) is 6.61 Å². The summed E-state index contributed by atoms with van der Waals surface area (Å²) in [4.78, 5) is 23.1. The highest BCUT2D eigenvalue weighted by atomic mass is 16.5. The number of aliphatic hydroxyl groups excluding tert-OH is 1. The van der Waals surface area contributed by atoms with Crippen molar-refractivity contribution < 1.29 is 9.84 Å². The van der Waals surface area contributed by atoms with Gasteiger partial charge >= 0.3 is 6.01 Å². The summed E-state index contributed by atoms with van der Waals surface area (Å²) in [6.45, 7) is 4.44. The van der Waals surface area contributed by atoms with Crippen LogP contribution >= 0.6 is 0 Å². The molecule has 8 nitrogen and oxygen atoms in total. The van der Waals surface area contributed by atoms with E-state index in [1.54, 1.807) is 6.33 Å². The van der Waals surface area contributed by atoms with Gasteiger partial charge in [0, 0.05) is 39.2 Å². The van der Waals surface area contributed by atoms with Crippen molar-refractivity contribution in [3.8, 4) is 6.01 Å². The van der Waals surface area contributed by atoms with E-state index in [1.165, 1.54) is 25.7 Å². The molecule has 0 aromatic carbocycles. The van der Waals surface area contributed by atoms with E-state index in [1.807, 2.05) is 0 Å². The second-order valence-electron chi connectivity index (χ2n) is 7.25. The molecule has 1 N–H and O–H groups in total. The third kappa shape index (κ3) is 4.05. The molecule has 0 saturated carbocycles. The van der Waals surface area contributed by atoms with Gasteiger partial charge in [-0.2, -0.15) is 9.97 Å². The average Bonchev–Trinajstić information content (AvgIpc) is 2.74. The van der Waals surface area contributed by atoms with Gasteiger partial charge in [0.25, 0.3) is 0 Å². The Bertz CT molecular complexity index is 759. The van der Waals surface area contributed by atoms with Gasteiger partial charge in [-0.15, -0.1) is 0 Å². The van der Waals surface area contributed by atoms with Crippen LogP contribution in [0, 0.1) is 0 Å². The Kier molecular flexibility index (Phi) is 5.81. The highest BCUT2D eigenvalue weighted by Gasteiger charge is 2.23. The number of hydrogen-bond acceptors (Lipinski definition) is 8. The van der Waals surface area contributed by atoms with Gasteiger partial charge in [0.2, 0.25) is 0 Å². The molecule has 0 aliphatic carbocycles. The molecule has 4 rings (SSSR count). The molecule has 27 heavy (non-hydrogen) atoms. The zero-order valence-corrected chi connectivity index (χ0v) is 15.8. The molecular formula is C19H28N6O2. The van der Waals surface area contributed by atoms with Crippen LogP contribution in [0.5, 0.6) is 6.01 Å². The molecule has 0 radical (unpaired) electrons. The lowest BCUT2D eigenvalue weighted by Crippen LogP contribution is -2.32. The average molecular weight is 372 g/mol. The number of aliphatic hydroxyl groups is 1. The SMILES string of the molecule is OCCCOc1nc(N2CCCCC2)c2ncnc(N3CCCCC3)c2n1.